The minimum absolute atomic E-state index is 0.240. The van der Waals surface area contributed by atoms with Crippen LogP contribution in [0.25, 0.3) is 0 Å². The quantitative estimate of drug-likeness (QED) is 0.618. The van der Waals surface area contributed by atoms with Crippen LogP contribution in [0.4, 0.5) is 13.2 Å². The van der Waals surface area contributed by atoms with Crippen molar-refractivity contribution in [3.05, 3.63) is 0 Å². The Hall–Kier alpha value is 0.370. The van der Waals surface area contributed by atoms with Gasteiger partial charge in [0.2, 0.25) is 4.33 Å². The Morgan fingerprint density at radius 3 is 1.91 bits per heavy atom. The van der Waals surface area contributed by atoms with E-state index in [9.17, 15) is 13.2 Å². The van der Waals surface area contributed by atoms with Gasteiger partial charge >= 0.3 is 6.18 Å². The zero-order valence-corrected chi connectivity index (χ0v) is 7.52. The molecule has 0 nitrogen and oxygen atoms in total. The van der Waals surface area contributed by atoms with Crippen LogP contribution in [0.3, 0.4) is 0 Å². The van der Waals surface area contributed by atoms with Gasteiger partial charge in [0.25, 0.3) is 0 Å². The summed E-state index contributed by atoms with van der Waals surface area (Å²) in [6, 6.07) is 0. The fourth-order valence-electron chi connectivity index (χ4n) is 0.541. The van der Waals surface area contributed by atoms with Crippen LogP contribution in [-0.2, 0) is 0 Å². The molecule has 5 heteroatoms. The largest absolute Gasteiger partial charge is 0.421 e. The van der Waals surface area contributed by atoms with Crippen molar-refractivity contribution >= 4 is 23.2 Å². The average Bonchev–Trinajstić information content (AvgIpc) is 1.81. The Morgan fingerprint density at radius 1 is 1.18 bits per heavy atom. The van der Waals surface area contributed by atoms with Crippen LogP contribution < -0.4 is 0 Å². The monoisotopic (exact) mass is 208 g/mol. The van der Waals surface area contributed by atoms with E-state index in [2.05, 4.69) is 0 Å². The van der Waals surface area contributed by atoms with Gasteiger partial charge in [-0.05, 0) is 6.42 Å². The molecule has 0 aliphatic rings. The van der Waals surface area contributed by atoms with Crippen LogP contribution in [0.2, 0.25) is 0 Å². The van der Waals surface area contributed by atoms with E-state index in [0.29, 0.717) is 12.8 Å². The summed E-state index contributed by atoms with van der Waals surface area (Å²) in [4.78, 5) is 0. The molecule has 0 saturated carbocycles. The van der Waals surface area contributed by atoms with Crippen molar-refractivity contribution in [2.75, 3.05) is 0 Å². The molecule has 11 heavy (non-hydrogen) atoms. The first-order valence-corrected chi connectivity index (χ1v) is 4.01. The first-order chi connectivity index (χ1) is 4.81. The Labute approximate surface area is 73.7 Å². The van der Waals surface area contributed by atoms with Crippen LogP contribution >= 0.6 is 23.2 Å². The number of hydrogen-bond donors (Lipinski definition) is 0. The molecule has 68 valence electrons. The van der Waals surface area contributed by atoms with Crippen LogP contribution in [0.1, 0.15) is 26.2 Å². The zero-order chi connectivity index (χ0) is 9.12. The molecule has 0 atom stereocenters. The van der Waals surface area contributed by atoms with Gasteiger partial charge in [-0.25, -0.2) is 0 Å². The lowest BCUT2D eigenvalue weighted by Crippen LogP contribution is -2.33. The van der Waals surface area contributed by atoms with Gasteiger partial charge in [-0.1, -0.05) is 43.0 Å². The number of halogens is 5. The maximum absolute atomic E-state index is 11.9. The Bertz CT molecular complexity index is 119. The van der Waals surface area contributed by atoms with Gasteiger partial charge in [0.05, 0.1) is 0 Å². The first-order valence-electron chi connectivity index (χ1n) is 3.26. The number of hydrogen-bond acceptors (Lipinski definition) is 0. The van der Waals surface area contributed by atoms with E-state index in [4.69, 9.17) is 23.2 Å². The molecule has 0 aromatic heterocycles. The van der Waals surface area contributed by atoms with Crippen molar-refractivity contribution in [2.45, 2.75) is 36.7 Å². The zero-order valence-electron chi connectivity index (χ0n) is 6.01. The van der Waals surface area contributed by atoms with Gasteiger partial charge in [0.1, 0.15) is 0 Å². The van der Waals surface area contributed by atoms with Crippen LogP contribution in [0.15, 0.2) is 0 Å². The second-order valence-electron chi connectivity index (χ2n) is 2.31. The SMILES string of the molecule is CCCCC(Cl)(Cl)C(F)(F)F. The highest BCUT2D eigenvalue weighted by atomic mass is 35.5. The maximum atomic E-state index is 11.9. The molecule has 0 rings (SSSR count). The van der Waals surface area contributed by atoms with Gasteiger partial charge in [0, 0.05) is 0 Å². The molecule has 0 aromatic carbocycles. The summed E-state index contributed by atoms with van der Waals surface area (Å²) in [6.07, 6.45) is -3.73. The average molecular weight is 209 g/mol. The number of unbranched alkanes of at least 4 members (excludes halogenated alkanes) is 1. The second kappa shape index (κ2) is 3.85. The van der Waals surface area contributed by atoms with Crippen molar-refractivity contribution in [3.8, 4) is 0 Å². The molecule has 0 unspecified atom stereocenters. The van der Waals surface area contributed by atoms with Crippen LogP contribution in [0, 0.1) is 0 Å². The minimum Gasteiger partial charge on any atom is -0.168 e. The van der Waals surface area contributed by atoms with E-state index in [-0.39, 0.29) is 6.42 Å². The van der Waals surface area contributed by atoms with Crippen LogP contribution in [-0.4, -0.2) is 10.5 Å². The summed E-state index contributed by atoms with van der Waals surface area (Å²) in [5.74, 6) is 0. The topological polar surface area (TPSA) is 0 Å². The second-order valence-corrected chi connectivity index (χ2v) is 3.79. The Morgan fingerprint density at radius 2 is 1.64 bits per heavy atom. The molecule has 0 bridgehead atoms. The molecule has 0 aliphatic carbocycles. The third kappa shape index (κ3) is 3.52. The molecule has 0 fully saturated rings. The normalized spacial score (nSPS) is 13.6. The molecule has 0 spiro atoms. The van der Waals surface area contributed by atoms with E-state index in [1.165, 1.54) is 0 Å². The Kier molecular flexibility index (Phi) is 3.98. The highest BCUT2D eigenvalue weighted by Gasteiger charge is 2.51. The van der Waals surface area contributed by atoms with Crippen molar-refractivity contribution in [2.24, 2.45) is 0 Å². The fourth-order valence-corrected chi connectivity index (χ4v) is 0.808. The predicted molar refractivity (Wildman–Crippen MR) is 40.0 cm³/mol. The predicted octanol–water partition coefficient (Wildman–Crippen LogP) is 3.91. The van der Waals surface area contributed by atoms with Crippen molar-refractivity contribution < 1.29 is 13.2 Å². The number of alkyl halides is 5. The summed E-state index contributed by atoms with van der Waals surface area (Å²) in [6.45, 7) is 1.78. The van der Waals surface area contributed by atoms with Gasteiger partial charge in [-0.2, -0.15) is 13.2 Å². The lowest BCUT2D eigenvalue weighted by Gasteiger charge is -2.22. The smallest absolute Gasteiger partial charge is 0.168 e. The minimum atomic E-state index is -4.52. The highest BCUT2D eigenvalue weighted by molar-refractivity contribution is 6.49. The standard InChI is InChI=1S/C6H9Cl2F3/c1-2-3-4-5(7,8)6(9,10)11/h2-4H2,1H3. The fraction of sp³-hybridized carbons (Fsp3) is 1.00. The van der Waals surface area contributed by atoms with Crippen molar-refractivity contribution in [3.63, 3.8) is 0 Å². The molecule has 0 heterocycles. The molecule has 0 saturated heterocycles. The summed E-state index contributed by atoms with van der Waals surface area (Å²) >= 11 is 10.1. The van der Waals surface area contributed by atoms with E-state index in [1.807, 2.05) is 0 Å². The molecule has 0 amide bonds. The lowest BCUT2D eigenvalue weighted by molar-refractivity contribution is -0.143. The van der Waals surface area contributed by atoms with E-state index in [1.54, 1.807) is 6.92 Å². The Balaban J connectivity index is 4.00. The molecule has 0 aromatic rings. The summed E-state index contributed by atoms with van der Waals surface area (Å²) in [5, 5.41) is 0. The number of rotatable bonds is 3. The molecule has 0 N–H and O–H groups in total. The summed E-state index contributed by atoms with van der Waals surface area (Å²) in [5.41, 5.74) is 0. The van der Waals surface area contributed by atoms with Gasteiger partial charge < -0.3 is 0 Å². The lowest BCUT2D eigenvalue weighted by atomic mass is 10.2. The van der Waals surface area contributed by atoms with E-state index in [0.717, 1.165) is 0 Å². The third-order valence-corrected chi connectivity index (χ3v) is 2.07. The van der Waals surface area contributed by atoms with E-state index >= 15 is 0 Å². The highest BCUT2D eigenvalue weighted by Crippen LogP contribution is 2.43. The first kappa shape index (κ1) is 11.4. The van der Waals surface area contributed by atoms with E-state index < -0.39 is 10.5 Å². The van der Waals surface area contributed by atoms with Gasteiger partial charge in [-0.3, -0.25) is 0 Å². The third-order valence-electron chi connectivity index (χ3n) is 1.26. The van der Waals surface area contributed by atoms with Crippen molar-refractivity contribution in [1.29, 1.82) is 0 Å². The maximum Gasteiger partial charge on any atom is 0.421 e. The summed E-state index contributed by atoms with van der Waals surface area (Å²) in [7, 11) is 0. The van der Waals surface area contributed by atoms with Crippen molar-refractivity contribution in [1.82, 2.24) is 0 Å². The molecular formula is C6H9Cl2F3. The summed E-state index contributed by atoms with van der Waals surface area (Å²) < 4.78 is 33.1. The van der Waals surface area contributed by atoms with Gasteiger partial charge in [0.15, 0.2) is 0 Å². The molecular weight excluding hydrogens is 200 g/mol. The molecule has 0 aliphatic heterocycles. The van der Waals surface area contributed by atoms with Crippen LogP contribution in [0.5, 0.6) is 0 Å². The van der Waals surface area contributed by atoms with Gasteiger partial charge in [-0.15, -0.1) is 0 Å². The molecule has 0 radical (unpaired) electrons.